The Morgan fingerprint density at radius 3 is 2.46 bits per heavy atom. The van der Waals surface area contributed by atoms with Crippen molar-refractivity contribution in [2.75, 3.05) is 5.32 Å². The van der Waals surface area contributed by atoms with Crippen molar-refractivity contribution in [2.45, 2.75) is 45.2 Å². The molecule has 1 aromatic carbocycles. The van der Waals surface area contributed by atoms with Gasteiger partial charge in [0.1, 0.15) is 17.9 Å². The molecule has 0 aliphatic rings. The number of hydrogen-bond donors (Lipinski definition) is 4. The summed E-state index contributed by atoms with van der Waals surface area (Å²) >= 11 is 1.11. The van der Waals surface area contributed by atoms with Crippen molar-refractivity contribution in [1.82, 2.24) is 10.3 Å². The van der Waals surface area contributed by atoms with Gasteiger partial charge in [-0.15, -0.1) is 0 Å². The summed E-state index contributed by atoms with van der Waals surface area (Å²) in [7, 11) is 0. The van der Waals surface area contributed by atoms with Gasteiger partial charge in [-0.1, -0.05) is 25.2 Å². The number of thiazole rings is 1. The number of rotatable bonds is 10. The second kappa shape index (κ2) is 9.56. The smallest absolute Gasteiger partial charge is 0.320 e. The third-order valence-corrected chi connectivity index (χ3v) is 4.90. The summed E-state index contributed by atoms with van der Waals surface area (Å²) in [4.78, 5) is 39.0. The van der Waals surface area contributed by atoms with Crippen LogP contribution in [-0.4, -0.2) is 45.1 Å². The Morgan fingerprint density at radius 2 is 1.86 bits per heavy atom. The molecule has 4 N–H and O–H groups in total. The number of nitrogens with one attached hydrogen (secondary N) is 2. The zero-order chi connectivity index (χ0) is 20.8. The van der Waals surface area contributed by atoms with E-state index in [0.29, 0.717) is 10.2 Å². The summed E-state index contributed by atoms with van der Waals surface area (Å²) in [6.07, 6.45) is 0.0540. The summed E-state index contributed by atoms with van der Waals surface area (Å²) < 4.78 is 13.8. The second-order valence-corrected chi connectivity index (χ2v) is 7.83. The molecule has 2 atom stereocenters. The van der Waals surface area contributed by atoms with Gasteiger partial charge >= 0.3 is 11.9 Å². The fourth-order valence-corrected chi connectivity index (χ4v) is 3.55. The maximum atomic E-state index is 13.2. The largest absolute Gasteiger partial charge is 0.480 e. The van der Waals surface area contributed by atoms with Gasteiger partial charge in [0.2, 0.25) is 5.91 Å². The summed E-state index contributed by atoms with van der Waals surface area (Å²) in [6.45, 7) is 3.68. The number of anilines is 1. The number of carbonyl (C=O) groups excluding carboxylic acids is 1. The van der Waals surface area contributed by atoms with Crippen molar-refractivity contribution in [2.24, 2.45) is 5.92 Å². The monoisotopic (exact) mass is 411 g/mol. The van der Waals surface area contributed by atoms with Crippen molar-refractivity contribution < 1.29 is 29.0 Å². The van der Waals surface area contributed by atoms with E-state index in [1.807, 2.05) is 13.8 Å². The average Bonchev–Trinajstić information content (AvgIpc) is 2.97. The van der Waals surface area contributed by atoms with Crippen molar-refractivity contribution in [3.63, 3.8) is 0 Å². The topological polar surface area (TPSA) is 129 Å². The van der Waals surface area contributed by atoms with Gasteiger partial charge in [-0.25, -0.2) is 9.37 Å². The zero-order valence-electron chi connectivity index (χ0n) is 15.4. The average molecular weight is 411 g/mol. The number of carbonyl (C=O) groups is 3. The lowest BCUT2D eigenvalue weighted by Gasteiger charge is -2.21. The first-order valence-electron chi connectivity index (χ1n) is 8.73. The molecule has 0 fully saturated rings. The van der Waals surface area contributed by atoms with E-state index in [-0.39, 0.29) is 30.3 Å². The molecule has 2 aromatic rings. The molecule has 0 bridgehead atoms. The number of amides is 1. The molecule has 0 aliphatic carbocycles. The Hall–Kier alpha value is -2.59. The van der Waals surface area contributed by atoms with Crippen molar-refractivity contribution >= 4 is 44.5 Å². The Labute approximate surface area is 164 Å². The van der Waals surface area contributed by atoms with Gasteiger partial charge in [0, 0.05) is 6.42 Å². The van der Waals surface area contributed by atoms with Crippen LogP contribution in [0.4, 0.5) is 9.52 Å². The number of nitrogens with zero attached hydrogens (tertiary/aromatic N) is 1. The first kappa shape index (κ1) is 21.7. The van der Waals surface area contributed by atoms with Gasteiger partial charge in [-0.05, 0) is 37.0 Å². The van der Waals surface area contributed by atoms with Crippen LogP contribution in [0.15, 0.2) is 18.2 Å². The van der Waals surface area contributed by atoms with Gasteiger partial charge < -0.3 is 15.5 Å². The maximum absolute atomic E-state index is 13.2. The van der Waals surface area contributed by atoms with E-state index in [4.69, 9.17) is 0 Å². The summed E-state index contributed by atoms with van der Waals surface area (Å²) in [6, 6.07) is 1.90. The van der Waals surface area contributed by atoms with E-state index in [1.54, 1.807) is 0 Å². The van der Waals surface area contributed by atoms with E-state index < -0.39 is 35.7 Å². The van der Waals surface area contributed by atoms with Crippen LogP contribution >= 0.6 is 11.3 Å². The standard InChI is InChI=1S/C18H22FN3O5S/c1-9(2)7-13(17(26)27)20-12(16(24)25)5-6-15(23)22-18-21-11-4-3-10(19)8-14(11)28-18/h3-4,8-9,12-13,20H,5-7H2,1-2H3,(H,24,25)(H,26,27)(H,21,22,23). The number of fused-ring (bicyclic) bond motifs is 1. The molecule has 0 saturated heterocycles. The molecule has 2 rings (SSSR count). The van der Waals surface area contributed by atoms with E-state index in [0.717, 1.165) is 11.3 Å². The highest BCUT2D eigenvalue weighted by Gasteiger charge is 2.27. The molecule has 0 radical (unpaired) electrons. The summed E-state index contributed by atoms with van der Waals surface area (Å²) in [5.41, 5.74) is 0.546. The van der Waals surface area contributed by atoms with E-state index in [2.05, 4.69) is 15.6 Å². The van der Waals surface area contributed by atoms with Crippen LogP contribution in [0.2, 0.25) is 0 Å². The minimum Gasteiger partial charge on any atom is -0.480 e. The predicted molar refractivity (Wildman–Crippen MR) is 103 cm³/mol. The first-order chi connectivity index (χ1) is 13.2. The molecule has 0 spiro atoms. The Kier molecular flexibility index (Phi) is 7.41. The summed E-state index contributed by atoms with van der Waals surface area (Å²) in [5.74, 6) is -3.15. The molecule has 8 nitrogen and oxygen atoms in total. The molecule has 0 aliphatic heterocycles. The predicted octanol–water partition coefficient (Wildman–Crippen LogP) is 2.70. The number of aromatic nitrogens is 1. The first-order valence-corrected chi connectivity index (χ1v) is 9.55. The summed E-state index contributed by atoms with van der Waals surface area (Å²) in [5, 5.41) is 24.0. The van der Waals surface area contributed by atoms with Crippen molar-refractivity contribution in [3.8, 4) is 0 Å². The number of halogens is 1. The van der Waals surface area contributed by atoms with Crippen LogP contribution in [0.25, 0.3) is 10.2 Å². The number of aliphatic carboxylic acids is 2. The lowest BCUT2D eigenvalue weighted by molar-refractivity contribution is -0.143. The van der Waals surface area contributed by atoms with Crippen LogP contribution < -0.4 is 10.6 Å². The minimum absolute atomic E-state index is 0.0650. The molecule has 1 aromatic heterocycles. The normalized spacial score (nSPS) is 13.4. The van der Waals surface area contributed by atoms with Crippen LogP contribution in [0.3, 0.4) is 0 Å². The Balaban J connectivity index is 1.95. The lowest BCUT2D eigenvalue weighted by Crippen LogP contribution is -2.48. The number of carboxylic acids is 2. The maximum Gasteiger partial charge on any atom is 0.320 e. The molecule has 28 heavy (non-hydrogen) atoms. The van der Waals surface area contributed by atoms with E-state index in [9.17, 15) is 29.0 Å². The van der Waals surface area contributed by atoms with Gasteiger partial charge in [0.15, 0.2) is 5.13 Å². The zero-order valence-corrected chi connectivity index (χ0v) is 16.3. The number of benzene rings is 1. The number of hydrogen-bond acceptors (Lipinski definition) is 6. The van der Waals surface area contributed by atoms with Crippen LogP contribution in [0.5, 0.6) is 0 Å². The third-order valence-electron chi connectivity index (χ3n) is 3.96. The highest BCUT2D eigenvalue weighted by Crippen LogP contribution is 2.26. The van der Waals surface area contributed by atoms with Crippen molar-refractivity contribution in [3.05, 3.63) is 24.0 Å². The molecular weight excluding hydrogens is 389 g/mol. The minimum atomic E-state index is -1.22. The van der Waals surface area contributed by atoms with Gasteiger partial charge in [-0.2, -0.15) is 0 Å². The molecular formula is C18H22FN3O5S. The molecule has 152 valence electrons. The Bertz CT molecular complexity index is 870. The number of carboxylic acid groups (broad SMARTS) is 2. The highest BCUT2D eigenvalue weighted by atomic mass is 32.1. The fourth-order valence-electron chi connectivity index (χ4n) is 2.64. The molecule has 0 saturated carbocycles. The van der Waals surface area contributed by atoms with E-state index >= 15 is 0 Å². The molecule has 1 amide bonds. The Morgan fingerprint density at radius 1 is 1.18 bits per heavy atom. The molecule has 1 heterocycles. The quantitative estimate of drug-likeness (QED) is 0.473. The van der Waals surface area contributed by atoms with Crippen molar-refractivity contribution in [1.29, 1.82) is 0 Å². The lowest BCUT2D eigenvalue weighted by atomic mass is 10.0. The SMILES string of the molecule is CC(C)CC(NC(CCC(=O)Nc1nc2ccc(F)cc2s1)C(=O)O)C(=O)O. The van der Waals surface area contributed by atoms with E-state index in [1.165, 1.54) is 18.2 Å². The highest BCUT2D eigenvalue weighted by molar-refractivity contribution is 7.22. The van der Waals surface area contributed by atoms with Crippen LogP contribution in [0.1, 0.15) is 33.1 Å². The van der Waals surface area contributed by atoms with Gasteiger partial charge in [0.25, 0.3) is 0 Å². The molecule has 10 heteroatoms. The second-order valence-electron chi connectivity index (χ2n) is 6.80. The van der Waals surface area contributed by atoms with Crippen LogP contribution in [0, 0.1) is 11.7 Å². The fraction of sp³-hybridized carbons (Fsp3) is 0.444. The third kappa shape index (κ3) is 6.24. The van der Waals surface area contributed by atoms with Crippen LogP contribution in [-0.2, 0) is 14.4 Å². The molecule has 2 unspecified atom stereocenters. The van der Waals surface area contributed by atoms with Gasteiger partial charge in [-0.3, -0.25) is 19.7 Å². The van der Waals surface area contributed by atoms with Gasteiger partial charge in [0.05, 0.1) is 10.2 Å².